The predicted octanol–water partition coefficient (Wildman–Crippen LogP) is -3.42. The van der Waals surface area contributed by atoms with E-state index in [0.29, 0.717) is 0 Å². The molecule has 0 spiro atoms. The van der Waals surface area contributed by atoms with Gasteiger partial charge in [0.05, 0.1) is 24.9 Å². The van der Waals surface area contributed by atoms with Crippen LogP contribution in [0, 0.1) is 5.92 Å². The molecule has 0 bridgehead atoms. The van der Waals surface area contributed by atoms with Crippen molar-refractivity contribution < 1.29 is 45.2 Å². The third-order valence-corrected chi connectivity index (χ3v) is 4.68. The Morgan fingerprint density at radius 1 is 0.960 bits per heavy atom. The monoisotopic (exact) mass is 365 g/mol. The van der Waals surface area contributed by atoms with Gasteiger partial charge in [-0.25, -0.2) is 0 Å². The van der Waals surface area contributed by atoms with Crippen molar-refractivity contribution >= 4 is 0 Å². The minimum Gasteiger partial charge on any atom is -0.396 e. The molecule has 1 heterocycles. The first kappa shape index (κ1) is 20.3. The van der Waals surface area contributed by atoms with E-state index in [1.807, 2.05) is 0 Å². The van der Waals surface area contributed by atoms with Gasteiger partial charge < -0.3 is 45.2 Å². The number of nitrogens with zero attached hydrogens (tertiary/aromatic N) is 3. The van der Waals surface area contributed by atoms with Gasteiger partial charge in [-0.2, -0.15) is 0 Å². The van der Waals surface area contributed by atoms with Gasteiger partial charge in [0, 0.05) is 17.4 Å². The lowest BCUT2D eigenvalue weighted by molar-refractivity contribution is -0.298. The normalized spacial score (nSPS) is 48.0. The summed E-state index contributed by atoms with van der Waals surface area (Å²) in [4.78, 5) is 2.56. The molecule has 0 aromatic rings. The zero-order chi connectivity index (χ0) is 18.7. The highest BCUT2D eigenvalue weighted by Gasteiger charge is 2.49. The zero-order valence-corrected chi connectivity index (χ0v) is 13.2. The van der Waals surface area contributed by atoms with Crippen LogP contribution in [0.25, 0.3) is 10.4 Å². The Labute approximate surface area is 142 Å². The molecule has 10 atom stereocenters. The van der Waals surface area contributed by atoms with E-state index < -0.39 is 74.2 Å². The molecule has 1 saturated carbocycles. The Kier molecular flexibility index (Phi) is 6.93. The van der Waals surface area contributed by atoms with Crippen LogP contribution < -0.4 is 0 Å². The molecule has 2 fully saturated rings. The van der Waals surface area contributed by atoms with Gasteiger partial charge in [0.15, 0.2) is 6.29 Å². The fourth-order valence-corrected chi connectivity index (χ4v) is 3.13. The molecule has 25 heavy (non-hydrogen) atoms. The standard InChI is InChI=1S/C13H23N3O9/c14-16-15-7-11(22)10(21)6(3-18)25-13(7)24-5-1-4(2-17)8(19)12(23)9(5)20/h4-13,17-23H,1-3H2/t4?,5-,6?,7+,8+,9?,10+,11?,12-,13-/m0/s1. The van der Waals surface area contributed by atoms with Gasteiger partial charge in [-0.3, -0.25) is 0 Å². The van der Waals surface area contributed by atoms with Crippen molar-refractivity contribution in [2.75, 3.05) is 13.2 Å². The van der Waals surface area contributed by atoms with Crippen molar-refractivity contribution in [3.8, 4) is 0 Å². The average Bonchev–Trinajstić information content (AvgIpc) is 2.61. The SMILES string of the molecule is [N-]=[N+]=N[C@@H]1C(O)[C@H](O)C(CO)O[C@@H]1O[C@H]1CC(CO)[C@@H](O)[C@H](O)C1O. The number of ether oxygens (including phenoxy) is 2. The molecule has 2 rings (SSSR count). The summed E-state index contributed by atoms with van der Waals surface area (Å²) in [5.74, 6) is -0.769. The Bertz CT molecular complexity index is 489. The molecule has 1 aliphatic carbocycles. The maximum atomic E-state index is 10.1. The fourth-order valence-electron chi connectivity index (χ4n) is 3.13. The Morgan fingerprint density at radius 2 is 1.64 bits per heavy atom. The molecule has 12 heteroatoms. The molecule has 144 valence electrons. The van der Waals surface area contributed by atoms with E-state index in [2.05, 4.69) is 10.0 Å². The minimum atomic E-state index is -1.59. The quantitative estimate of drug-likeness (QED) is 0.147. The molecule has 4 unspecified atom stereocenters. The van der Waals surface area contributed by atoms with Gasteiger partial charge in [0.1, 0.15) is 30.5 Å². The number of aliphatic hydroxyl groups is 7. The summed E-state index contributed by atoms with van der Waals surface area (Å²) >= 11 is 0. The highest BCUT2D eigenvalue weighted by atomic mass is 16.7. The van der Waals surface area contributed by atoms with E-state index in [9.17, 15) is 35.7 Å². The van der Waals surface area contributed by atoms with E-state index in [1.165, 1.54) is 0 Å². The lowest BCUT2D eigenvalue weighted by Gasteiger charge is -2.45. The Morgan fingerprint density at radius 3 is 2.20 bits per heavy atom. The van der Waals surface area contributed by atoms with Gasteiger partial charge in [-0.1, -0.05) is 5.11 Å². The van der Waals surface area contributed by atoms with Gasteiger partial charge in [-0.05, 0) is 12.0 Å². The summed E-state index contributed by atoms with van der Waals surface area (Å²) in [5.41, 5.74) is 8.63. The summed E-state index contributed by atoms with van der Waals surface area (Å²) in [7, 11) is 0. The summed E-state index contributed by atoms with van der Waals surface area (Å²) in [5, 5.41) is 71.4. The maximum absolute atomic E-state index is 10.1. The van der Waals surface area contributed by atoms with Crippen molar-refractivity contribution in [3.63, 3.8) is 0 Å². The summed E-state index contributed by atoms with van der Waals surface area (Å²) in [6.07, 6.45) is -11.3. The van der Waals surface area contributed by atoms with Gasteiger partial charge in [-0.15, -0.1) is 0 Å². The minimum absolute atomic E-state index is 0.0405. The summed E-state index contributed by atoms with van der Waals surface area (Å²) in [6.45, 7) is -1.11. The van der Waals surface area contributed by atoms with E-state index in [-0.39, 0.29) is 6.42 Å². The highest BCUT2D eigenvalue weighted by Crippen LogP contribution is 2.32. The Hall–Kier alpha value is -1.05. The van der Waals surface area contributed by atoms with Crippen LogP contribution in [-0.4, -0.2) is 104 Å². The van der Waals surface area contributed by atoms with Crippen molar-refractivity contribution in [1.29, 1.82) is 0 Å². The van der Waals surface area contributed by atoms with E-state index in [4.69, 9.17) is 15.0 Å². The molecule has 0 radical (unpaired) electrons. The molecule has 7 N–H and O–H groups in total. The number of azide groups is 1. The van der Waals surface area contributed by atoms with Crippen molar-refractivity contribution in [3.05, 3.63) is 10.4 Å². The summed E-state index contributed by atoms with van der Waals surface area (Å²) in [6, 6.07) is -1.37. The highest BCUT2D eigenvalue weighted by molar-refractivity contribution is 4.97. The van der Waals surface area contributed by atoms with Crippen LogP contribution in [0.15, 0.2) is 5.11 Å². The second kappa shape index (κ2) is 8.56. The lowest BCUT2D eigenvalue weighted by Crippen LogP contribution is -2.61. The first-order valence-electron chi connectivity index (χ1n) is 7.82. The van der Waals surface area contributed by atoms with Crippen molar-refractivity contribution in [2.45, 2.75) is 61.5 Å². The molecule has 12 nitrogen and oxygen atoms in total. The molecular formula is C13H23N3O9. The molecule has 0 aromatic carbocycles. The lowest BCUT2D eigenvalue weighted by atomic mass is 9.81. The number of rotatable bonds is 5. The molecular weight excluding hydrogens is 342 g/mol. The second-order valence-corrected chi connectivity index (χ2v) is 6.23. The third-order valence-electron chi connectivity index (χ3n) is 4.68. The number of hydrogen-bond donors (Lipinski definition) is 7. The topological polar surface area (TPSA) is 209 Å². The van der Waals surface area contributed by atoms with Gasteiger partial charge >= 0.3 is 0 Å². The molecule has 1 saturated heterocycles. The maximum Gasteiger partial charge on any atom is 0.169 e. The van der Waals surface area contributed by atoms with E-state index >= 15 is 0 Å². The van der Waals surface area contributed by atoms with Crippen LogP contribution in [0.3, 0.4) is 0 Å². The first-order chi connectivity index (χ1) is 11.8. The third kappa shape index (κ3) is 4.04. The fraction of sp³-hybridized carbons (Fsp3) is 1.00. The number of hydrogen-bond acceptors (Lipinski definition) is 10. The molecule has 2 aliphatic rings. The second-order valence-electron chi connectivity index (χ2n) is 6.23. The van der Waals surface area contributed by atoms with Crippen LogP contribution in [0.5, 0.6) is 0 Å². The molecule has 1 aliphatic heterocycles. The van der Waals surface area contributed by atoms with Gasteiger partial charge in [0.25, 0.3) is 0 Å². The van der Waals surface area contributed by atoms with E-state index in [1.54, 1.807) is 0 Å². The van der Waals surface area contributed by atoms with Crippen molar-refractivity contribution in [1.82, 2.24) is 0 Å². The van der Waals surface area contributed by atoms with Crippen LogP contribution in [-0.2, 0) is 9.47 Å². The number of aliphatic hydroxyl groups excluding tert-OH is 7. The van der Waals surface area contributed by atoms with Crippen LogP contribution in [0.4, 0.5) is 0 Å². The zero-order valence-electron chi connectivity index (χ0n) is 13.2. The van der Waals surface area contributed by atoms with E-state index in [0.717, 1.165) is 0 Å². The summed E-state index contributed by atoms with van der Waals surface area (Å²) < 4.78 is 10.8. The van der Waals surface area contributed by atoms with Crippen molar-refractivity contribution in [2.24, 2.45) is 11.0 Å². The van der Waals surface area contributed by atoms with Crippen LogP contribution >= 0.6 is 0 Å². The molecule has 0 amide bonds. The Balaban J connectivity index is 2.18. The van der Waals surface area contributed by atoms with Crippen LogP contribution in [0.1, 0.15) is 6.42 Å². The molecule has 0 aromatic heterocycles. The predicted molar refractivity (Wildman–Crippen MR) is 78.8 cm³/mol. The van der Waals surface area contributed by atoms with Gasteiger partial charge in [0.2, 0.25) is 0 Å². The van der Waals surface area contributed by atoms with Crippen LogP contribution in [0.2, 0.25) is 0 Å². The largest absolute Gasteiger partial charge is 0.396 e. The smallest absolute Gasteiger partial charge is 0.169 e. The average molecular weight is 365 g/mol. The first-order valence-corrected chi connectivity index (χ1v) is 7.82.